The fourth-order valence-corrected chi connectivity index (χ4v) is 3.29. The van der Waals surface area contributed by atoms with Crippen LogP contribution in [-0.4, -0.2) is 36.1 Å². The molecule has 1 aliphatic rings. The largest absolute Gasteiger partial charge is 0.497 e. The van der Waals surface area contributed by atoms with Crippen LogP contribution in [0, 0.1) is 0 Å². The summed E-state index contributed by atoms with van der Waals surface area (Å²) in [5, 5.41) is 1.05. The summed E-state index contributed by atoms with van der Waals surface area (Å²) in [5.74, 6) is 1.55. The Labute approximate surface area is 152 Å². The normalized spacial score (nSPS) is 13.6. The predicted molar refractivity (Wildman–Crippen MR) is 101 cm³/mol. The number of hydrogen-bond acceptors (Lipinski definition) is 3. The van der Waals surface area contributed by atoms with Gasteiger partial charge in [-0.15, -0.1) is 0 Å². The van der Waals surface area contributed by atoms with Crippen molar-refractivity contribution in [1.29, 1.82) is 0 Å². The highest BCUT2D eigenvalue weighted by Gasteiger charge is 2.34. The third-order valence-corrected chi connectivity index (χ3v) is 4.84. The minimum absolute atomic E-state index is 0.0218. The summed E-state index contributed by atoms with van der Waals surface area (Å²) in [6.07, 6.45) is 2.08. The summed E-state index contributed by atoms with van der Waals surface area (Å²) >= 11 is 0. The van der Waals surface area contributed by atoms with Gasteiger partial charge in [-0.3, -0.25) is 4.79 Å². The van der Waals surface area contributed by atoms with Gasteiger partial charge in [0.15, 0.2) is 0 Å². The maximum Gasteiger partial charge on any atom is 0.270 e. The van der Waals surface area contributed by atoms with Gasteiger partial charge in [0.25, 0.3) is 5.91 Å². The van der Waals surface area contributed by atoms with Crippen LogP contribution >= 0.6 is 0 Å². The van der Waals surface area contributed by atoms with E-state index in [9.17, 15) is 4.79 Å². The molecular weight excluding hydrogens is 328 g/mol. The van der Waals surface area contributed by atoms with E-state index >= 15 is 0 Å². The van der Waals surface area contributed by atoms with Crippen LogP contribution in [-0.2, 0) is 6.54 Å². The minimum atomic E-state index is 0.0218. The zero-order chi connectivity index (χ0) is 18.1. The molecule has 5 nitrogen and oxygen atoms in total. The Morgan fingerprint density at radius 1 is 1.12 bits per heavy atom. The van der Waals surface area contributed by atoms with Gasteiger partial charge in [-0.1, -0.05) is 18.2 Å². The molecule has 5 heteroatoms. The number of methoxy groups -OCH3 is 2. The molecular formula is C21H22N2O3. The molecule has 1 N–H and O–H groups in total. The molecule has 1 aromatic heterocycles. The van der Waals surface area contributed by atoms with E-state index in [2.05, 4.69) is 4.98 Å². The molecule has 0 spiro atoms. The zero-order valence-corrected chi connectivity index (χ0v) is 15.0. The van der Waals surface area contributed by atoms with Crippen LogP contribution in [0.1, 0.15) is 28.9 Å². The SMILES string of the molecule is COc1ccc(OC)c(CN(C(=O)c2cc3ccccc3[nH]2)C2CC2)c1. The van der Waals surface area contributed by atoms with E-state index in [1.807, 2.05) is 53.4 Å². The Bertz CT molecular complexity index is 910. The first-order valence-electron chi connectivity index (χ1n) is 8.79. The van der Waals surface area contributed by atoms with Crippen molar-refractivity contribution in [2.45, 2.75) is 25.4 Å². The van der Waals surface area contributed by atoms with Crippen molar-refractivity contribution in [2.24, 2.45) is 0 Å². The molecule has 0 saturated heterocycles. The van der Waals surface area contributed by atoms with E-state index in [0.717, 1.165) is 40.8 Å². The van der Waals surface area contributed by atoms with E-state index in [-0.39, 0.29) is 11.9 Å². The quantitative estimate of drug-likeness (QED) is 0.731. The third-order valence-electron chi connectivity index (χ3n) is 4.84. The van der Waals surface area contributed by atoms with Crippen LogP contribution in [0.15, 0.2) is 48.5 Å². The monoisotopic (exact) mass is 350 g/mol. The maximum atomic E-state index is 13.2. The highest BCUT2D eigenvalue weighted by atomic mass is 16.5. The van der Waals surface area contributed by atoms with Crippen molar-refractivity contribution < 1.29 is 14.3 Å². The molecule has 0 atom stereocenters. The number of hydrogen-bond donors (Lipinski definition) is 1. The smallest absolute Gasteiger partial charge is 0.270 e. The van der Waals surface area contributed by atoms with E-state index in [1.165, 1.54) is 0 Å². The van der Waals surface area contributed by atoms with E-state index in [0.29, 0.717) is 12.2 Å². The van der Waals surface area contributed by atoms with Gasteiger partial charge < -0.3 is 19.4 Å². The van der Waals surface area contributed by atoms with Crippen molar-refractivity contribution in [3.8, 4) is 11.5 Å². The lowest BCUT2D eigenvalue weighted by atomic mass is 10.1. The van der Waals surface area contributed by atoms with E-state index in [1.54, 1.807) is 14.2 Å². The van der Waals surface area contributed by atoms with Crippen LogP contribution < -0.4 is 9.47 Å². The second-order valence-electron chi connectivity index (χ2n) is 6.61. The first-order chi connectivity index (χ1) is 12.7. The summed E-state index contributed by atoms with van der Waals surface area (Å²) in [6, 6.07) is 15.8. The van der Waals surface area contributed by atoms with Gasteiger partial charge in [0.2, 0.25) is 0 Å². The number of aromatic amines is 1. The van der Waals surface area contributed by atoms with Crippen LogP contribution in [0.2, 0.25) is 0 Å². The number of fused-ring (bicyclic) bond motifs is 1. The van der Waals surface area contributed by atoms with Crippen LogP contribution in [0.4, 0.5) is 0 Å². The lowest BCUT2D eigenvalue weighted by molar-refractivity contribution is 0.0723. The summed E-state index contributed by atoms with van der Waals surface area (Å²) in [5.41, 5.74) is 2.55. The number of nitrogens with one attached hydrogen (secondary N) is 1. The number of nitrogens with zero attached hydrogens (tertiary/aromatic N) is 1. The highest BCUT2D eigenvalue weighted by molar-refractivity contribution is 5.98. The molecule has 1 aliphatic carbocycles. The van der Waals surface area contributed by atoms with Crippen molar-refractivity contribution in [2.75, 3.05) is 14.2 Å². The Morgan fingerprint density at radius 2 is 1.92 bits per heavy atom. The summed E-state index contributed by atoms with van der Waals surface area (Å²) in [4.78, 5) is 18.4. The molecule has 2 aromatic carbocycles. The molecule has 4 rings (SSSR count). The molecule has 134 valence electrons. The summed E-state index contributed by atoms with van der Waals surface area (Å²) in [6.45, 7) is 0.499. The van der Waals surface area contributed by atoms with Crippen LogP contribution in [0.3, 0.4) is 0 Å². The van der Waals surface area contributed by atoms with Gasteiger partial charge in [-0.2, -0.15) is 0 Å². The number of carbonyl (C=O) groups excluding carboxylic acids is 1. The summed E-state index contributed by atoms with van der Waals surface area (Å²) < 4.78 is 10.8. The molecule has 1 fully saturated rings. The molecule has 3 aromatic rings. The fourth-order valence-electron chi connectivity index (χ4n) is 3.29. The topological polar surface area (TPSA) is 54.6 Å². The number of amides is 1. The van der Waals surface area contributed by atoms with Crippen molar-refractivity contribution in [3.63, 3.8) is 0 Å². The van der Waals surface area contributed by atoms with E-state index in [4.69, 9.17) is 9.47 Å². The molecule has 0 radical (unpaired) electrons. The molecule has 0 unspecified atom stereocenters. The summed E-state index contributed by atoms with van der Waals surface area (Å²) in [7, 11) is 3.28. The van der Waals surface area contributed by atoms with Gasteiger partial charge >= 0.3 is 0 Å². The lowest BCUT2D eigenvalue weighted by Gasteiger charge is -2.23. The lowest BCUT2D eigenvalue weighted by Crippen LogP contribution is -2.33. The highest BCUT2D eigenvalue weighted by Crippen LogP contribution is 2.33. The molecule has 1 heterocycles. The van der Waals surface area contributed by atoms with E-state index < -0.39 is 0 Å². The average Bonchev–Trinajstić information content (AvgIpc) is 3.42. The minimum Gasteiger partial charge on any atom is -0.497 e. The number of rotatable bonds is 6. The number of H-pyrrole nitrogens is 1. The molecule has 1 saturated carbocycles. The second kappa shape index (κ2) is 6.75. The van der Waals surface area contributed by atoms with Crippen LogP contribution in [0.5, 0.6) is 11.5 Å². The van der Waals surface area contributed by atoms with Crippen molar-refractivity contribution >= 4 is 16.8 Å². The fraction of sp³-hybridized carbons (Fsp3) is 0.286. The van der Waals surface area contributed by atoms with Gasteiger partial charge in [0.1, 0.15) is 17.2 Å². The number of benzene rings is 2. The van der Waals surface area contributed by atoms with Gasteiger partial charge in [0.05, 0.1) is 20.8 Å². The second-order valence-corrected chi connectivity index (χ2v) is 6.61. The molecule has 0 bridgehead atoms. The first-order valence-corrected chi connectivity index (χ1v) is 8.79. The predicted octanol–water partition coefficient (Wildman–Crippen LogP) is 3.99. The Kier molecular flexibility index (Phi) is 4.29. The van der Waals surface area contributed by atoms with Gasteiger partial charge in [-0.05, 0) is 43.2 Å². The van der Waals surface area contributed by atoms with Gasteiger partial charge in [0, 0.05) is 22.5 Å². The zero-order valence-electron chi connectivity index (χ0n) is 15.0. The Morgan fingerprint density at radius 3 is 2.62 bits per heavy atom. The van der Waals surface area contributed by atoms with Crippen LogP contribution in [0.25, 0.3) is 10.9 Å². The number of aromatic nitrogens is 1. The number of carbonyl (C=O) groups is 1. The molecule has 0 aliphatic heterocycles. The van der Waals surface area contributed by atoms with Crippen molar-refractivity contribution in [3.05, 3.63) is 59.8 Å². The van der Waals surface area contributed by atoms with Gasteiger partial charge in [-0.25, -0.2) is 0 Å². The number of para-hydroxylation sites is 1. The number of ether oxygens (including phenoxy) is 2. The maximum absolute atomic E-state index is 13.2. The Balaban J connectivity index is 1.65. The third kappa shape index (κ3) is 3.12. The Hall–Kier alpha value is -2.95. The van der Waals surface area contributed by atoms with Crippen molar-refractivity contribution in [1.82, 2.24) is 9.88 Å². The molecule has 26 heavy (non-hydrogen) atoms. The molecule has 1 amide bonds. The first kappa shape index (κ1) is 16.5. The average molecular weight is 350 g/mol. The standard InChI is InChI=1S/C21H22N2O3/c1-25-17-9-10-20(26-2)15(11-17)13-23(16-7-8-16)21(24)19-12-14-5-3-4-6-18(14)22-19/h3-6,9-12,16,22H,7-8,13H2,1-2H3.